The van der Waals surface area contributed by atoms with Crippen LogP contribution < -0.4 is 10.2 Å². The van der Waals surface area contributed by atoms with Gasteiger partial charge < -0.3 is 43.1 Å². The molecular formula is C34H38O12. The van der Waals surface area contributed by atoms with Crippen LogP contribution in [0.4, 0.5) is 0 Å². The van der Waals surface area contributed by atoms with E-state index in [9.17, 15) is 24.6 Å². The zero-order chi connectivity index (χ0) is 33.1. The Morgan fingerprint density at radius 1 is 0.891 bits per heavy atom. The quantitative estimate of drug-likeness (QED) is 0.240. The van der Waals surface area contributed by atoms with E-state index >= 15 is 0 Å². The second-order valence-electron chi connectivity index (χ2n) is 11.4. The number of carbonyl (C=O) groups excluding carboxylic acids is 2. The molecule has 46 heavy (non-hydrogen) atoms. The van der Waals surface area contributed by atoms with Crippen LogP contribution in [-0.2, 0) is 33.3 Å². The van der Waals surface area contributed by atoms with Gasteiger partial charge in [-0.05, 0) is 36.6 Å². The number of hydrogen-bond donors (Lipinski definition) is 2. The molecule has 1 saturated heterocycles. The highest BCUT2D eigenvalue weighted by molar-refractivity contribution is 5.88. The summed E-state index contributed by atoms with van der Waals surface area (Å²) in [6, 6.07) is 8.85. The topological polar surface area (TPSA) is 160 Å². The minimum absolute atomic E-state index is 0.0143. The van der Waals surface area contributed by atoms with E-state index in [1.165, 1.54) is 44.4 Å². The van der Waals surface area contributed by atoms with E-state index in [0.717, 1.165) is 0 Å². The highest BCUT2D eigenvalue weighted by Crippen LogP contribution is 2.36. The molecule has 2 aliphatic heterocycles. The van der Waals surface area contributed by atoms with Gasteiger partial charge in [-0.15, -0.1) is 0 Å². The Hall–Kier alpha value is -4.39. The summed E-state index contributed by atoms with van der Waals surface area (Å²) < 4.78 is 41.5. The third kappa shape index (κ3) is 7.04. The lowest BCUT2D eigenvalue weighted by Crippen LogP contribution is -2.58. The number of benzene rings is 2. The molecule has 0 aliphatic carbocycles. The minimum Gasteiger partial charge on any atom is -0.508 e. The molecule has 1 aromatic heterocycles. The number of phenolic OH excluding ortho intramolecular Hbond substituents is 2. The molecule has 2 aliphatic rings. The van der Waals surface area contributed by atoms with E-state index in [-0.39, 0.29) is 45.8 Å². The molecule has 12 nitrogen and oxygen atoms in total. The maximum Gasteiger partial charge on any atom is 0.303 e. The first-order chi connectivity index (χ1) is 22.0. The zero-order valence-electron chi connectivity index (χ0n) is 26.2. The maximum atomic E-state index is 13.2. The lowest BCUT2D eigenvalue weighted by atomic mass is 9.89. The van der Waals surface area contributed by atoms with E-state index in [1.807, 2.05) is 20.8 Å². The fraction of sp³-hybridized carbons (Fsp3) is 0.441. The van der Waals surface area contributed by atoms with Crippen LogP contribution in [0.3, 0.4) is 0 Å². The SMILES string of the molecule is CCC1OC(Oc2cc(O)c3c(=O)c(-c4ccc(O)cc4)coc3c2)C=CC1OC1OC(CC)C(C)C(OC(C)=O)C1OC(C)=O. The molecule has 3 heterocycles. The standard InChI is InChI=1S/C34H38O12/c1-6-25-17(3)32(41-18(4)35)33(42-19(5)36)34(45-25)46-27-12-13-29(44-26(27)7-2)43-22-14-24(38)30-28(15-22)40-16-23(31(30)39)20-8-10-21(37)11-9-20/h8-17,25-27,29,32-34,37-38H,6-7H2,1-5H3. The van der Waals surface area contributed by atoms with Crippen molar-refractivity contribution in [1.82, 2.24) is 0 Å². The number of ether oxygens (including phenoxy) is 6. The summed E-state index contributed by atoms with van der Waals surface area (Å²) in [6.07, 6.45) is 0.672. The van der Waals surface area contributed by atoms with Crippen molar-refractivity contribution in [1.29, 1.82) is 0 Å². The van der Waals surface area contributed by atoms with Crippen LogP contribution >= 0.6 is 0 Å². The number of hydrogen-bond acceptors (Lipinski definition) is 12. The predicted molar refractivity (Wildman–Crippen MR) is 164 cm³/mol. The normalized spacial score (nSPS) is 27.7. The molecule has 8 unspecified atom stereocenters. The number of carbonyl (C=O) groups is 2. The Morgan fingerprint density at radius 3 is 2.22 bits per heavy atom. The fourth-order valence-corrected chi connectivity index (χ4v) is 5.85. The lowest BCUT2D eigenvalue weighted by molar-refractivity contribution is -0.307. The maximum absolute atomic E-state index is 13.2. The van der Waals surface area contributed by atoms with Crippen LogP contribution in [0.2, 0.25) is 0 Å². The number of esters is 2. The van der Waals surface area contributed by atoms with Gasteiger partial charge in [0, 0.05) is 31.9 Å². The molecule has 0 radical (unpaired) electrons. The average Bonchev–Trinajstić information content (AvgIpc) is 3.01. The molecule has 0 amide bonds. The smallest absolute Gasteiger partial charge is 0.303 e. The van der Waals surface area contributed by atoms with Gasteiger partial charge in [-0.2, -0.15) is 0 Å². The second kappa shape index (κ2) is 13.9. The van der Waals surface area contributed by atoms with Gasteiger partial charge in [-0.1, -0.05) is 39.0 Å². The van der Waals surface area contributed by atoms with Crippen molar-refractivity contribution >= 4 is 22.9 Å². The van der Waals surface area contributed by atoms with Gasteiger partial charge in [0.2, 0.25) is 11.7 Å². The summed E-state index contributed by atoms with van der Waals surface area (Å²) >= 11 is 0. The summed E-state index contributed by atoms with van der Waals surface area (Å²) in [5.74, 6) is -1.40. The summed E-state index contributed by atoms with van der Waals surface area (Å²) in [6.45, 7) is 8.29. The Labute approximate surface area is 265 Å². The monoisotopic (exact) mass is 638 g/mol. The van der Waals surface area contributed by atoms with Crippen LogP contribution in [0.15, 0.2) is 64.0 Å². The van der Waals surface area contributed by atoms with Gasteiger partial charge >= 0.3 is 11.9 Å². The van der Waals surface area contributed by atoms with Crippen LogP contribution in [0.25, 0.3) is 22.1 Å². The van der Waals surface area contributed by atoms with Gasteiger partial charge in [0.15, 0.2) is 12.4 Å². The molecule has 1 fully saturated rings. The summed E-state index contributed by atoms with van der Waals surface area (Å²) in [7, 11) is 0. The van der Waals surface area contributed by atoms with Crippen molar-refractivity contribution in [3.05, 3.63) is 65.0 Å². The number of rotatable bonds is 9. The van der Waals surface area contributed by atoms with Gasteiger partial charge in [-0.25, -0.2) is 0 Å². The van der Waals surface area contributed by atoms with Gasteiger partial charge in [0.05, 0.1) is 17.8 Å². The molecular weight excluding hydrogens is 600 g/mol. The van der Waals surface area contributed by atoms with Gasteiger partial charge in [0.1, 0.15) is 46.7 Å². The Kier molecular flexibility index (Phi) is 10.00. The lowest BCUT2D eigenvalue weighted by Gasteiger charge is -2.45. The van der Waals surface area contributed by atoms with Crippen molar-refractivity contribution in [2.24, 2.45) is 5.92 Å². The fourth-order valence-electron chi connectivity index (χ4n) is 5.85. The molecule has 12 heteroatoms. The number of fused-ring (bicyclic) bond motifs is 1. The first-order valence-electron chi connectivity index (χ1n) is 15.2. The van der Waals surface area contributed by atoms with Crippen LogP contribution in [0.5, 0.6) is 17.2 Å². The van der Waals surface area contributed by atoms with E-state index in [4.69, 9.17) is 32.8 Å². The summed E-state index contributed by atoms with van der Waals surface area (Å²) in [5, 5.41) is 20.3. The molecule has 8 atom stereocenters. The average molecular weight is 639 g/mol. The molecule has 2 N–H and O–H groups in total. The van der Waals surface area contributed by atoms with Crippen molar-refractivity contribution in [3.63, 3.8) is 0 Å². The van der Waals surface area contributed by atoms with Crippen molar-refractivity contribution in [2.75, 3.05) is 0 Å². The van der Waals surface area contributed by atoms with E-state index in [1.54, 1.807) is 24.3 Å². The van der Waals surface area contributed by atoms with Gasteiger partial charge in [-0.3, -0.25) is 14.4 Å². The van der Waals surface area contributed by atoms with E-state index in [0.29, 0.717) is 18.4 Å². The largest absolute Gasteiger partial charge is 0.508 e. The first-order valence-corrected chi connectivity index (χ1v) is 15.2. The molecule has 0 spiro atoms. The Morgan fingerprint density at radius 2 is 1.57 bits per heavy atom. The van der Waals surface area contributed by atoms with Crippen LogP contribution in [0, 0.1) is 5.92 Å². The minimum atomic E-state index is -1.04. The summed E-state index contributed by atoms with van der Waals surface area (Å²) in [4.78, 5) is 37.1. The molecule has 5 rings (SSSR count). The Balaban J connectivity index is 1.34. The number of phenols is 2. The van der Waals surface area contributed by atoms with Crippen LogP contribution in [0.1, 0.15) is 47.5 Å². The first kappa shape index (κ1) is 33.0. The highest BCUT2D eigenvalue weighted by Gasteiger charge is 2.49. The molecule has 2 aromatic carbocycles. The molecule has 0 bridgehead atoms. The van der Waals surface area contributed by atoms with Crippen LogP contribution in [-0.4, -0.2) is 65.3 Å². The van der Waals surface area contributed by atoms with Crippen molar-refractivity contribution < 1.29 is 52.6 Å². The molecule has 246 valence electrons. The van der Waals surface area contributed by atoms with E-state index in [2.05, 4.69) is 0 Å². The predicted octanol–water partition coefficient (Wildman–Crippen LogP) is 4.96. The van der Waals surface area contributed by atoms with Crippen molar-refractivity contribution in [3.8, 4) is 28.4 Å². The van der Waals surface area contributed by atoms with E-state index < -0.39 is 54.4 Å². The zero-order valence-corrected chi connectivity index (χ0v) is 26.2. The second-order valence-corrected chi connectivity index (χ2v) is 11.4. The highest BCUT2D eigenvalue weighted by atomic mass is 16.7. The Bertz CT molecular complexity index is 1640. The number of aromatic hydroxyl groups is 2. The molecule has 0 saturated carbocycles. The summed E-state index contributed by atoms with van der Waals surface area (Å²) in [5.41, 5.74) is 0.423. The van der Waals surface area contributed by atoms with Gasteiger partial charge in [0.25, 0.3) is 0 Å². The van der Waals surface area contributed by atoms with Crippen molar-refractivity contribution in [2.45, 2.75) is 90.6 Å². The third-order valence-electron chi connectivity index (χ3n) is 8.10. The molecule has 3 aromatic rings. The third-order valence-corrected chi connectivity index (χ3v) is 8.10.